The van der Waals surface area contributed by atoms with Gasteiger partial charge in [0, 0.05) is 28.8 Å². The van der Waals surface area contributed by atoms with Crippen LogP contribution in [-0.4, -0.2) is 18.6 Å². The Balaban J connectivity index is 2.26. The number of anilines is 1. The highest BCUT2D eigenvalue weighted by Crippen LogP contribution is 2.35. The number of rotatable bonds is 7. The fraction of sp³-hybridized carbons (Fsp3) is 0.625. The van der Waals surface area contributed by atoms with Crippen molar-refractivity contribution < 1.29 is 0 Å². The van der Waals surface area contributed by atoms with E-state index in [1.807, 2.05) is 0 Å². The third-order valence-electron chi connectivity index (χ3n) is 3.82. The van der Waals surface area contributed by atoms with Gasteiger partial charge in [0.25, 0.3) is 0 Å². The van der Waals surface area contributed by atoms with E-state index in [1.54, 1.807) is 0 Å². The monoisotopic (exact) mass is 324 g/mol. The summed E-state index contributed by atoms with van der Waals surface area (Å²) in [6, 6.07) is 7.66. The summed E-state index contributed by atoms with van der Waals surface area (Å²) in [5.41, 5.74) is 8.94. The minimum Gasteiger partial charge on any atom is -0.368 e. The van der Waals surface area contributed by atoms with E-state index in [9.17, 15) is 0 Å². The molecule has 0 spiro atoms. The molecule has 2 rings (SSSR count). The number of nitrogens with zero attached hydrogens (tertiary/aromatic N) is 1. The van der Waals surface area contributed by atoms with Crippen molar-refractivity contribution in [1.29, 1.82) is 0 Å². The summed E-state index contributed by atoms with van der Waals surface area (Å²) in [6.07, 6.45) is 5.89. The second kappa shape index (κ2) is 6.76. The molecule has 0 aliphatic heterocycles. The van der Waals surface area contributed by atoms with E-state index < -0.39 is 0 Å². The number of nitrogens with two attached hydrogens (primary N) is 1. The maximum Gasteiger partial charge on any atom is 0.0413 e. The molecule has 1 aromatic carbocycles. The number of benzene rings is 1. The summed E-state index contributed by atoms with van der Waals surface area (Å²) in [5.74, 6) is 0. The molecule has 1 aliphatic rings. The van der Waals surface area contributed by atoms with Crippen LogP contribution in [0.15, 0.2) is 22.7 Å². The molecule has 1 atom stereocenters. The second-order valence-electron chi connectivity index (χ2n) is 5.57. The highest BCUT2D eigenvalue weighted by Gasteiger charge is 2.30. The van der Waals surface area contributed by atoms with Crippen LogP contribution in [0.4, 0.5) is 5.69 Å². The van der Waals surface area contributed by atoms with Crippen molar-refractivity contribution in [3.63, 3.8) is 0 Å². The van der Waals surface area contributed by atoms with Crippen molar-refractivity contribution >= 4 is 21.6 Å². The van der Waals surface area contributed by atoms with Crippen LogP contribution in [0.2, 0.25) is 0 Å². The molecule has 1 aromatic rings. The Morgan fingerprint density at radius 1 is 1.37 bits per heavy atom. The lowest BCUT2D eigenvalue weighted by Crippen LogP contribution is -2.29. The highest BCUT2D eigenvalue weighted by atomic mass is 79.9. The third-order valence-corrected chi connectivity index (χ3v) is 4.31. The molecule has 106 valence electrons. The normalized spacial score (nSPS) is 16.4. The second-order valence-corrected chi connectivity index (χ2v) is 6.49. The first-order chi connectivity index (χ1) is 9.15. The predicted molar refractivity (Wildman–Crippen MR) is 86.8 cm³/mol. The molecule has 0 heterocycles. The molecule has 0 aromatic heterocycles. The van der Waals surface area contributed by atoms with Crippen LogP contribution < -0.4 is 10.6 Å². The van der Waals surface area contributed by atoms with Gasteiger partial charge in [0.05, 0.1) is 0 Å². The lowest BCUT2D eigenvalue weighted by Gasteiger charge is -2.28. The summed E-state index contributed by atoms with van der Waals surface area (Å²) in [5, 5.41) is 0. The van der Waals surface area contributed by atoms with E-state index in [0.29, 0.717) is 0 Å². The van der Waals surface area contributed by atoms with Crippen molar-refractivity contribution in [3.05, 3.63) is 28.2 Å². The summed E-state index contributed by atoms with van der Waals surface area (Å²) in [7, 11) is 0. The number of halogens is 1. The van der Waals surface area contributed by atoms with Crippen molar-refractivity contribution in [3.8, 4) is 0 Å². The van der Waals surface area contributed by atoms with Gasteiger partial charge in [0.15, 0.2) is 0 Å². The van der Waals surface area contributed by atoms with Gasteiger partial charge in [-0.05, 0) is 49.8 Å². The van der Waals surface area contributed by atoms with Gasteiger partial charge < -0.3 is 10.6 Å². The summed E-state index contributed by atoms with van der Waals surface area (Å²) in [6.45, 7) is 5.56. The quantitative estimate of drug-likeness (QED) is 0.817. The first-order valence-electron chi connectivity index (χ1n) is 7.46. The van der Waals surface area contributed by atoms with E-state index in [-0.39, 0.29) is 6.04 Å². The van der Waals surface area contributed by atoms with Crippen molar-refractivity contribution in [1.82, 2.24) is 0 Å². The summed E-state index contributed by atoms with van der Waals surface area (Å²) >= 11 is 3.61. The van der Waals surface area contributed by atoms with Gasteiger partial charge in [-0.1, -0.05) is 35.8 Å². The van der Waals surface area contributed by atoms with E-state index in [1.165, 1.54) is 30.5 Å². The van der Waals surface area contributed by atoms with Gasteiger partial charge in [-0.3, -0.25) is 0 Å². The van der Waals surface area contributed by atoms with Crippen LogP contribution in [0.1, 0.15) is 45.1 Å². The molecule has 2 N–H and O–H groups in total. The van der Waals surface area contributed by atoms with Gasteiger partial charge in [-0.15, -0.1) is 0 Å². The van der Waals surface area contributed by atoms with Crippen LogP contribution in [-0.2, 0) is 6.42 Å². The van der Waals surface area contributed by atoms with Crippen LogP contribution in [0.3, 0.4) is 0 Å². The smallest absolute Gasteiger partial charge is 0.0413 e. The minimum atomic E-state index is 0.266. The van der Waals surface area contributed by atoms with E-state index in [2.05, 4.69) is 52.9 Å². The molecule has 0 bridgehead atoms. The zero-order valence-corrected chi connectivity index (χ0v) is 13.6. The SMILES string of the molecule is CCCN(c1cc(Br)ccc1CC(N)CC)C1CC1. The first kappa shape index (κ1) is 14.9. The highest BCUT2D eigenvalue weighted by molar-refractivity contribution is 9.10. The van der Waals surface area contributed by atoms with Gasteiger partial charge in [-0.25, -0.2) is 0 Å². The molecule has 1 aliphatic carbocycles. The average molecular weight is 325 g/mol. The van der Waals surface area contributed by atoms with Crippen molar-refractivity contribution in [2.75, 3.05) is 11.4 Å². The van der Waals surface area contributed by atoms with Crippen LogP contribution >= 0.6 is 15.9 Å². The van der Waals surface area contributed by atoms with Crippen molar-refractivity contribution in [2.24, 2.45) is 5.73 Å². The Bertz CT molecular complexity index is 415. The molecule has 0 radical (unpaired) electrons. The zero-order valence-electron chi connectivity index (χ0n) is 12.0. The Morgan fingerprint density at radius 3 is 2.68 bits per heavy atom. The van der Waals surface area contributed by atoms with Gasteiger partial charge in [0.1, 0.15) is 0 Å². The number of hydrogen-bond donors (Lipinski definition) is 1. The lowest BCUT2D eigenvalue weighted by atomic mass is 10.0. The van der Waals surface area contributed by atoms with E-state index >= 15 is 0 Å². The van der Waals surface area contributed by atoms with E-state index in [4.69, 9.17) is 5.73 Å². The fourth-order valence-corrected chi connectivity index (χ4v) is 2.88. The molecule has 3 heteroatoms. The topological polar surface area (TPSA) is 29.3 Å². The maximum absolute atomic E-state index is 6.15. The average Bonchev–Trinajstić information content (AvgIpc) is 3.22. The summed E-state index contributed by atoms with van der Waals surface area (Å²) < 4.78 is 1.16. The van der Waals surface area contributed by atoms with Crippen molar-refractivity contribution in [2.45, 2.75) is 58.0 Å². The Labute approximate surface area is 125 Å². The summed E-state index contributed by atoms with van der Waals surface area (Å²) in [4.78, 5) is 2.59. The Hall–Kier alpha value is -0.540. The molecule has 1 fully saturated rings. The molecule has 19 heavy (non-hydrogen) atoms. The molecular weight excluding hydrogens is 300 g/mol. The Morgan fingerprint density at radius 2 is 2.11 bits per heavy atom. The molecule has 1 unspecified atom stereocenters. The number of hydrogen-bond acceptors (Lipinski definition) is 2. The standard InChI is InChI=1S/C16H25BrN2/c1-3-9-19(15-7-8-15)16-11-13(17)6-5-12(16)10-14(18)4-2/h5-6,11,14-15H,3-4,7-10,18H2,1-2H3. The zero-order chi connectivity index (χ0) is 13.8. The van der Waals surface area contributed by atoms with Crippen LogP contribution in [0.5, 0.6) is 0 Å². The molecule has 0 saturated heterocycles. The van der Waals surface area contributed by atoms with Crippen LogP contribution in [0, 0.1) is 0 Å². The maximum atomic E-state index is 6.15. The van der Waals surface area contributed by atoms with Gasteiger partial charge in [-0.2, -0.15) is 0 Å². The molecule has 0 amide bonds. The predicted octanol–water partition coefficient (Wildman–Crippen LogP) is 4.11. The molecule has 2 nitrogen and oxygen atoms in total. The first-order valence-corrected chi connectivity index (χ1v) is 8.25. The minimum absolute atomic E-state index is 0.266. The molecule has 1 saturated carbocycles. The van der Waals surface area contributed by atoms with Crippen LogP contribution in [0.25, 0.3) is 0 Å². The third kappa shape index (κ3) is 3.96. The largest absolute Gasteiger partial charge is 0.368 e. The lowest BCUT2D eigenvalue weighted by molar-refractivity contribution is 0.642. The van der Waals surface area contributed by atoms with Gasteiger partial charge in [0.2, 0.25) is 0 Å². The van der Waals surface area contributed by atoms with E-state index in [0.717, 1.165) is 29.9 Å². The Kier molecular flexibility index (Phi) is 5.28. The molecular formula is C16H25BrN2. The van der Waals surface area contributed by atoms with Gasteiger partial charge >= 0.3 is 0 Å². The fourth-order valence-electron chi connectivity index (χ4n) is 2.53.